The van der Waals surface area contributed by atoms with E-state index in [1.165, 1.54) is 24.3 Å². The van der Waals surface area contributed by atoms with Gasteiger partial charge in [-0.3, -0.25) is 9.59 Å². The molecule has 0 saturated carbocycles. The molecule has 44 heavy (non-hydrogen) atoms. The number of imidazole rings is 1. The third-order valence-corrected chi connectivity index (χ3v) is 9.27. The summed E-state index contributed by atoms with van der Waals surface area (Å²) in [5.74, 6) is -0.255. The number of nitriles is 1. The number of amides is 2. The molecule has 0 bridgehead atoms. The van der Waals surface area contributed by atoms with E-state index in [4.69, 9.17) is 5.26 Å². The molecule has 8 nitrogen and oxygen atoms in total. The van der Waals surface area contributed by atoms with Gasteiger partial charge in [0.15, 0.2) is 0 Å². The van der Waals surface area contributed by atoms with Crippen molar-refractivity contribution < 1.29 is 14.0 Å². The predicted octanol–water partition coefficient (Wildman–Crippen LogP) is 5.55. The number of aromatic nitrogens is 2. The number of fused-ring (bicyclic) bond motifs is 1. The van der Waals surface area contributed by atoms with Crippen LogP contribution in [0.4, 0.5) is 10.1 Å². The van der Waals surface area contributed by atoms with Gasteiger partial charge in [0.1, 0.15) is 5.67 Å². The Balaban J connectivity index is 1.31. The highest BCUT2D eigenvalue weighted by molar-refractivity contribution is 7.20. The molecule has 2 aromatic carbocycles. The highest BCUT2D eigenvalue weighted by Gasteiger charge is 2.30. The number of alkyl halides is 1. The zero-order chi connectivity index (χ0) is 30.8. The maximum atomic E-state index is 15.0. The van der Waals surface area contributed by atoms with Crippen LogP contribution in [-0.2, 0) is 17.9 Å². The van der Waals surface area contributed by atoms with E-state index in [2.05, 4.69) is 23.0 Å². The SMILES string of the molecule is CN1CCN(C(=O)c2cc3cc(N(Cc4cncn4Cc4ccc(C#N)cc4)C(=O)C4=CC=CC(C)(F)C4)ccc3s2)CC1. The zero-order valence-electron chi connectivity index (χ0n) is 24.7. The molecule has 2 aliphatic rings. The molecule has 0 spiro atoms. The maximum Gasteiger partial charge on any atom is 0.264 e. The van der Waals surface area contributed by atoms with Gasteiger partial charge in [-0.15, -0.1) is 11.3 Å². The lowest BCUT2D eigenvalue weighted by molar-refractivity contribution is -0.115. The Hall–Kier alpha value is -4.59. The standard InChI is InChI=1S/C34H33FN6O2S/c1-34(35)11-3-4-26(18-34)32(42)41(22-29-20-37-23-40(29)21-25-7-5-24(19-36)6-8-25)28-9-10-30-27(16-28)17-31(44-30)33(43)39-14-12-38(2)13-15-39/h3-11,16-17,20,23H,12-15,18,21-22H2,1-2H3. The Morgan fingerprint density at radius 2 is 1.89 bits per heavy atom. The fourth-order valence-corrected chi connectivity index (χ4v) is 6.60. The number of nitrogens with zero attached hydrogens (tertiary/aromatic N) is 6. The summed E-state index contributed by atoms with van der Waals surface area (Å²) < 4.78 is 17.9. The molecule has 1 fully saturated rings. The number of allylic oxidation sites excluding steroid dienone is 3. The second-order valence-electron chi connectivity index (χ2n) is 11.6. The lowest BCUT2D eigenvalue weighted by atomic mass is 9.92. The summed E-state index contributed by atoms with van der Waals surface area (Å²) >= 11 is 1.46. The van der Waals surface area contributed by atoms with Crippen molar-refractivity contribution in [3.63, 3.8) is 0 Å². The number of carbonyl (C=O) groups excluding carboxylic acids is 2. The van der Waals surface area contributed by atoms with Crippen LogP contribution >= 0.6 is 11.3 Å². The van der Waals surface area contributed by atoms with Crippen LogP contribution in [-0.4, -0.2) is 70.1 Å². The van der Waals surface area contributed by atoms with E-state index in [0.29, 0.717) is 41.3 Å². The van der Waals surface area contributed by atoms with Crippen LogP contribution in [0.5, 0.6) is 0 Å². The molecule has 4 aromatic rings. The number of halogens is 1. The number of anilines is 1. The molecule has 0 N–H and O–H groups in total. The van der Waals surface area contributed by atoms with Crippen LogP contribution < -0.4 is 4.90 Å². The van der Waals surface area contributed by atoms with Crippen LogP contribution in [0, 0.1) is 11.3 Å². The van der Waals surface area contributed by atoms with Crippen LogP contribution in [0.25, 0.3) is 10.1 Å². The van der Waals surface area contributed by atoms with Crippen molar-refractivity contribution in [3.05, 3.63) is 107 Å². The molecule has 2 amide bonds. The number of hydrogen-bond acceptors (Lipinski definition) is 6. The molecule has 0 radical (unpaired) electrons. The molecule has 6 rings (SSSR count). The van der Waals surface area contributed by atoms with Crippen LogP contribution in [0.3, 0.4) is 0 Å². The van der Waals surface area contributed by atoms with Crippen molar-refractivity contribution in [1.29, 1.82) is 5.26 Å². The maximum absolute atomic E-state index is 15.0. The van der Waals surface area contributed by atoms with Crippen molar-refractivity contribution in [2.24, 2.45) is 0 Å². The lowest BCUT2D eigenvalue weighted by Gasteiger charge is -2.32. The lowest BCUT2D eigenvalue weighted by Crippen LogP contribution is -2.46. The van der Waals surface area contributed by atoms with Gasteiger partial charge in [-0.2, -0.15) is 5.26 Å². The van der Waals surface area contributed by atoms with Gasteiger partial charge in [-0.05, 0) is 67.4 Å². The molecular weight excluding hydrogens is 575 g/mol. The van der Waals surface area contributed by atoms with E-state index in [9.17, 15) is 14.0 Å². The van der Waals surface area contributed by atoms with E-state index in [0.717, 1.165) is 34.4 Å². The molecular formula is C34H33FN6O2S. The highest BCUT2D eigenvalue weighted by atomic mass is 32.1. The van der Waals surface area contributed by atoms with Gasteiger partial charge in [0, 0.05) is 61.3 Å². The summed E-state index contributed by atoms with van der Waals surface area (Å²) in [5.41, 5.74) is 1.80. The van der Waals surface area contributed by atoms with Gasteiger partial charge in [0.25, 0.3) is 11.8 Å². The van der Waals surface area contributed by atoms with Gasteiger partial charge >= 0.3 is 0 Å². The Morgan fingerprint density at radius 3 is 2.61 bits per heavy atom. The van der Waals surface area contributed by atoms with E-state index >= 15 is 0 Å². The Morgan fingerprint density at radius 1 is 1.11 bits per heavy atom. The highest BCUT2D eigenvalue weighted by Crippen LogP contribution is 2.34. The number of likely N-dealkylation sites (N-methyl/N-ethyl adjacent to an activating group) is 1. The third-order valence-electron chi connectivity index (χ3n) is 8.16. The number of carbonyl (C=O) groups is 2. The third kappa shape index (κ3) is 6.34. The zero-order valence-corrected chi connectivity index (χ0v) is 25.6. The first-order chi connectivity index (χ1) is 21.2. The van der Waals surface area contributed by atoms with Gasteiger partial charge < -0.3 is 19.3 Å². The van der Waals surface area contributed by atoms with Gasteiger partial charge in [0.2, 0.25) is 0 Å². The number of benzene rings is 2. The fourth-order valence-electron chi connectivity index (χ4n) is 5.59. The topological polar surface area (TPSA) is 85.5 Å². The molecule has 1 aliphatic carbocycles. The van der Waals surface area contributed by atoms with Crippen molar-refractivity contribution in [2.75, 3.05) is 38.1 Å². The minimum Gasteiger partial charge on any atom is -0.335 e. The molecule has 1 atom stereocenters. The Bertz CT molecular complexity index is 1800. The van der Waals surface area contributed by atoms with E-state index < -0.39 is 5.67 Å². The average molecular weight is 609 g/mol. The average Bonchev–Trinajstić information content (AvgIpc) is 3.65. The summed E-state index contributed by atoms with van der Waals surface area (Å²) in [6.07, 6.45) is 8.18. The first-order valence-electron chi connectivity index (χ1n) is 14.6. The number of thiophene rings is 1. The van der Waals surface area contributed by atoms with E-state index in [1.54, 1.807) is 41.7 Å². The van der Waals surface area contributed by atoms with Gasteiger partial charge in [0.05, 0.1) is 35.1 Å². The first kappa shape index (κ1) is 29.5. The summed E-state index contributed by atoms with van der Waals surface area (Å²) in [4.78, 5) is 38.2. The number of piperazine rings is 1. The summed E-state index contributed by atoms with van der Waals surface area (Å²) in [7, 11) is 2.06. The Kier molecular flexibility index (Phi) is 8.17. The van der Waals surface area contributed by atoms with Crippen LogP contribution in [0.1, 0.15) is 39.8 Å². The minimum atomic E-state index is -1.61. The largest absolute Gasteiger partial charge is 0.335 e. The predicted molar refractivity (Wildman–Crippen MR) is 170 cm³/mol. The minimum absolute atomic E-state index is 0.0201. The molecule has 1 unspecified atom stereocenters. The normalized spacial score (nSPS) is 18.7. The summed E-state index contributed by atoms with van der Waals surface area (Å²) in [5, 5.41) is 10.0. The van der Waals surface area contributed by atoms with Crippen LogP contribution in [0.2, 0.25) is 0 Å². The van der Waals surface area contributed by atoms with Gasteiger partial charge in [-0.25, -0.2) is 9.37 Å². The smallest absolute Gasteiger partial charge is 0.264 e. The van der Waals surface area contributed by atoms with Gasteiger partial charge in [-0.1, -0.05) is 24.3 Å². The Labute approximate surface area is 259 Å². The van der Waals surface area contributed by atoms with Crippen molar-refractivity contribution >= 4 is 38.9 Å². The molecule has 3 heterocycles. The summed E-state index contributed by atoms with van der Waals surface area (Å²) in [6, 6.07) is 17.2. The first-order valence-corrected chi connectivity index (χ1v) is 15.4. The second-order valence-corrected chi connectivity index (χ2v) is 12.7. The second kappa shape index (κ2) is 12.2. The molecule has 1 saturated heterocycles. The van der Waals surface area contributed by atoms with E-state index in [1.807, 2.05) is 45.9 Å². The number of hydrogen-bond donors (Lipinski definition) is 0. The van der Waals surface area contributed by atoms with Crippen LogP contribution in [0.15, 0.2) is 84.9 Å². The fraction of sp³-hybridized carbons (Fsp3) is 0.294. The van der Waals surface area contributed by atoms with E-state index in [-0.39, 0.29) is 24.8 Å². The quantitative estimate of drug-likeness (QED) is 0.275. The van der Waals surface area contributed by atoms with Crippen molar-refractivity contribution in [2.45, 2.75) is 32.1 Å². The van der Waals surface area contributed by atoms with Crippen molar-refractivity contribution in [3.8, 4) is 6.07 Å². The molecule has 10 heteroatoms. The molecule has 1 aliphatic heterocycles. The van der Waals surface area contributed by atoms with Crippen molar-refractivity contribution in [1.82, 2.24) is 19.4 Å². The number of rotatable bonds is 7. The molecule has 2 aromatic heterocycles. The molecule has 224 valence electrons. The summed E-state index contributed by atoms with van der Waals surface area (Å²) in [6.45, 7) is 5.29. The monoisotopic (exact) mass is 608 g/mol.